The van der Waals surface area contributed by atoms with E-state index in [4.69, 9.17) is 0 Å². The molecule has 19 heavy (non-hydrogen) atoms. The fourth-order valence-electron chi connectivity index (χ4n) is 1.91. The maximum atomic E-state index is 4.29. The zero-order valence-electron chi connectivity index (χ0n) is 10.6. The fourth-order valence-corrected chi connectivity index (χ4v) is 2.63. The van der Waals surface area contributed by atoms with Gasteiger partial charge in [0.25, 0.3) is 0 Å². The van der Waals surface area contributed by atoms with Crippen LogP contribution in [0.15, 0.2) is 48.8 Å². The molecule has 1 aromatic carbocycles. The molecule has 3 rings (SSSR count). The summed E-state index contributed by atoms with van der Waals surface area (Å²) in [5.74, 6) is 1.75. The molecule has 0 radical (unpaired) electrons. The molecular formula is C14H14N4S. The number of anilines is 1. The van der Waals surface area contributed by atoms with Crippen molar-refractivity contribution < 1.29 is 0 Å². The van der Waals surface area contributed by atoms with Crippen molar-refractivity contribution in [3.05, 3.63) is 60.0 Å². The molecule has 2 aromatic heterocycles. The van der Waals surface area contributed by atoms with Crippen molar-refractivity contribution in [2.75, 3.05) is 4.72 Å². The molecule has 0 unspecified atom stereocenters. The van der Waals surface area contributed by atoms with Crippen LogP contribution in [0.3, 0.4) is 0 Å². The van der Waals surface area contributed by atoms with Crippen LogP contribution in [0.25, 0.3) is 5.52 Å². The summed E-state index contributed by atoms with van der Waals surface area (Å²) in [4.78, 5) is 4.29. The molecule has 1 N–H and O–H groups in total. The van der Waals surface area contributed by atoms with Gasteiger partial charge in [0, 0.05) is 11.4 Å². The van der Waals surface area contributed by atoms with E-state index in [2.05, 4.69) is 39.1 Å². The Bertz CT molecular complexity index is 678. The van der Waals surface area contributed by atoms with Crippen LogP contribution in [0.5, 0.6) is 0 Å². The fraction of sp³-hybridized carbons (Fsp3) is 0.143. The maximum absolute atomic E-state index is 4.29. The molecule has 5 heteroatoms. The first-order chi connectivity index (χ1) is 9.34. The Balaban J connectivity index is 1.72. The van der Waals surface area contributed by atoms with Crippen LogP contribution in [-0.2, 0) is 5.75 Å². The minimum atomic E-state index is 0.851. The zero-order valence-corrected chi connectivity index (χ0v) is 11.4. The lowest BCUT2D eigenvalue weighted by molar-refractivity contribution is 0.875. The molecule has 3 aromatic rings. The Labute approximate surface area is 116 Å². The van der Waals surface area contributed by atoms with Gasteiger partial charge >= 0.3 is 0 Å². The Morgan fingerprint density at radius 2 is 2.00 bits per heavy atom. The predicted molar refractivity (Wildman–Crippen MR) is 79.1 cm³/mol. The van der Waals surface area contributed by atoms with E-state index >= 15 is 0 Å². The van der Waals surface area contributed by atoms with Crippen LogP contribution in [0.1, 0.15) is 11.3 Å². The summed E-state index contributed by atoms with van der Waals surface area (Å²) >= 11 is 1.63. The van der Waals surface area contributed by atoms with Crippen molar-refractivity contribution in [3.8, 4) is 0 Å². The first kappa shape index (κ1) is 12.0. The molecular weight excluding hydrogens is 256 g/mol. The molecule has 0 saturated carbocycles. The number of benzene rings is 1. The normalized spacial score (nSPS) is 10.8. The smallest absolute Gasteiger partial charge is 0.163 e. The molecule has 2 heterocycles. The van der Waals surface area contributed by atoms with Gasteiger partial charge in [-0.15, -0.1) is 0 Å². The van der Waals surface area contributed by atoms with Crippen LogP contribution in [0, 0.1) is 6.92 Å². The van der Waals surface area contributed by atoms with E-state index in [9.17, 15) is 0 Å². The van der Waals surface area contributed by atoms with Crippen molar-refractivity contribution in [3.63, 3.8) is 0 Å². The van der Waals surface area contributed by atoms with Gasteiger partial charge in [-0.2, -0.15) is 5.10 Å². The van der Waals surface area contributed by atoms with E-state index in [1.165, 1.54) is 5.56 Å². The number of hydrogen-bond acceptors (Lipinski definition) is 4. The maximum Gasteiger partial charge on any atom is 0.163 e. The van der Waals surface area contributed by atoms with Gasteiger partial charge in [0.05, 0.1) is 0 Å². The van der Waals surface area contributed by atoms with Crippen LogP contribution < -0.4 is 4.72 Å². The van der Waals surface area contributed by atoms with Gasteiger partial charge < -0.3 is 4.72 Å². The Hall–Kier alpha value is -2.01. The van der Waals surface area contributed by atoms with E-state index in [-0.39, 0.29) is 0 Å². The van der Waals surface area contributed by atoms with Crippen LogP contribution in [-0.4, -0.2) is 14.6 Å². The molecule has 0 fully saturated rings. The average Bonchev–Trinajstić information content (AvgIpc) is 2.83. The standard InChI is InChI=1S/C14H14N4S/c1-11-7-8-13-14(15-10-16-18(11)13)17-19-9-12-5-3-2-4-6-12/h2-8,10H,9H2,1H3,(H,15,16,17). The number of fused-ring (bicyclic) bond motifs is 1. The lowest BCUT2D eigenvalue weighted by Crippen LogP contribution is -1.99. The minimum Gasteiger partial charge on any atom is -0.312 e. The highest BCUT2D eigenvalue weighted by Gasteiger charge is 2.05. The van der Waals surface area contributed by atoms with Gasteiger partial charge in [-0.05, 0) is 36.6 Å². The van der Waals surface area contributed by atoms with Gasteiger partial charge in [-0.3, -0.25) is 0 Å². The summed E-state index contributed by atoms with van der Waals surface area (Å²) in [5, 5.41) is 4.22. The lowest BCUT2D eigenvalue weighted by Gasteiger charge is -2.06. The van der Waals surface area contributed by atoms with Crippen molar-refractivity contribution in [1.29, 1.82) is 0 Å². The van der Waals surface area contributed by atoms with Gasteiger partial charge in [0.2, 0.25) is 0 Å². The number of rotatable bonds is 4. The third-order valence-corrected chi connectivity index (χ3v) is 3.71. The summed E-state index contributed by atoms with van der Waals surface area (Å²) in [5.41, 5.74) is 3.39. The Morgan fingerprint density at radius 1 is 1.16 bits per heavy atom. The topological polar surface area (TPSA) is 42.2 Å². The number of aryl methyl sites for hydroxylation is 1. The molecule has 4 nitrogen and oxygen atoms in total. The lowest BCUT2D eigenvalue weighted by atomic mass is 10.2. The zero-order chi connectivity index (χ0) is 13.1. The predicted octanol–water partition coefficient (Wildman–Crippen LogP) is 3.30. The summed E-state index contributed by atoms with van der Waals surface area (Å²) in [6.45, 7) is 2.03. The molecule has 96 valence electrons. The summed E-state index contributed by atoms with van der Waals surface area (Å²) in [7, 11) is 0. The number of nitrogens with zero attached hydrogens (tertiary/aromatic N) is 3. The second-order valence-electron chi connectivity index (χ2n) is 4.26. The summed E-state index contributed by atoms with van der Waals surface area (Å²) in [6.07, 6.45) is 1.57. The second-order valence-corrected chi connectivity index (χ2v) is 5.04. The highest BCUT2D eigenvalue weighted by atomic mass is 32.2. The van der Waals surface area contributed by atoms with E-state index < -0.39 is 0 Å². The van der Waals surface area contributed by atoms with Gasteiger partial charge in [-0.1, -0.05) is 30.3 Å². The summed E-state index contributed by atoms with van der Waals surface area (Å²) < 4.78 is 5.18. The van der Waals surface area contributed by atoms with E-state index in [1.54, 1.807) is 18.3 Å². The SMILES string of the molecule is Cc1ccc2c(NSCc3ccccc3)ncnn12. The van der Waals surface area contributed by atoms with E-state index in [0.29, 0.717) is 0 Å². The third-order valence-electron chi connectivity index (χ3n) is 2.89. The molecule has 0 bridgehead atoms. The molecule has 0 atom stereocenters. The first-order valence-corrected chi connectivity index (χ1v) is 7.04. The Kier molecular flexibility index (Phi) is 3.37. The minimum absolute atomic E-state index is 0.851. The average molecular weight is 270 g/mol. The van der Waals surface area contributed by atoms with Gasteiger partial charge in [0.1, 0.15) is 11.8 Å². The van der Waals surface area contributed by atoms with Crippen molar-refractivity contribution in [2.24, 2.45) is 0 Å². The third kappa shape index (κ3) is 2.56. The van der Waals surface area contributed by atoms with Crippen molar-refractivity contribution in [1.82, 2.24) is 14.6 Å². The Morgan fingerprint density at radius 3 is 2.84 bits per heavy atom. The van der Waals surface area contributed by atoms with Crippen molar-refractivity contribution >= 4 is 23.3 Å². The first-order valence-electron chi connectivity index (χ1n) is 6.05. The van der Waals surface area contributed by atoms with Crippen LogP contribution >= 0.6 is 11.9 Å². The highest BCUT2D eigenvalue weighted by molar-refractivity contribution is 7.99. The largest absolute Gasteiger partial charge is 0.312 e. The van der Waals surface area contributed by atoms with Crippen molar-refractivity contribution in [2.45, 2.75) is 12.7 Å². The number of hydrogen-bond donors (Lipinski definition) is 1. The van der Waals surface area contributed by atoms with E-state index in [1.807, 2.05) is 29.6 Å². The molecule has 0 saturated heterocycles. The van der Waals surface area contributed by atoms with Crippen LogP contribution in [0.4, 0.5) is 5.82 Å². The van der Waals surface area contributed by atoms with Crippen LogP contribution in [0.2, 0.25) is 0 Å². The number of aromatic nitrogens is 3. The highest BCUT2D eigenvalue weighted by Crippen LogP contribution is 2.20. The molecule has 0 aliphatic rings. The van der Waals surface area contributed by atoms with Gasteiger partial charge in [0.15, 0.2) is 5.82 Å². The monoisotopic (exact) mass is 270 g/mol. The quantitative estimate of drug-likeness (QED) is 0.739. The molecule has 0 spiro atoms. The second kappa shape index (κ2) is 5.32. The van der Waals surface area contributed by atoms with Gasteiger partial charge in [-0.25, -0.2) is 9.50 Å². The van der Waals surface area contributed by atoms with E-state index in [0.717, 1.165) is 22.8 Å². The number of nitrogens with one attached hydrogen (secondary N) is 1. The molecule has 0 aliphatic carbocycles. The molecule has 0 aliphatic heterocycles. The summed E-state index contributed by atoms with van der Waals surface area (Å²) in [6, 6.07) is 14.4. The molecule has 0 amide bonds.